The zero-order valence-electron chi connectivity index (χ0n) is 17.3. The molecule has 3 saturated heterocycles. The van der Waals surface area contributed by atoms with Crippen molar-refractivity contribution in [3.05, 3.63) is 34.9 Å². The van der Waals surface area contributed by atoms with Crippen molar-refractivity contribution < 1.29 is 23.9 Å². The number of fused-ring (bicyclic) bond motifs is 1. The second kappa shape index (κ2) is 7.81. The molecule has 1 aromatic carbocycles. The molecule has 31 heavy (non-hydrogen) atoms. The third kappa shape index (κ3) is 3.66. The molecule has 164 valence electrons. The summed E-state index contributed by atoms with van der Waals surface area (Å²) in [7, 11) is 0. The lowest BCUT2D eigenvalue weighted by Gasteiger charge is -2.45. The molecule has 9 nitrogen and oxygen atoms in total. The number of nitrogens with one attached hydrogen (secondary N) is 2. The lowest BCUT2D eigenvalue weighted by atomic mass is 9.92. The van der Waals surface area contributed by atoms with Gasteiger partial charge in [-0.2, -0.15) is 0 Å². The highest BCUT2D eigenvalue weighted by atomic mass is 16.5. The minimum absolute atomic E-state index is 0.114. The largest absolute Gasteiger partial charge is 0.371 e. The molecule has 0 aliphatic carbocycles. The molecular formula is C22H26N4O5. The first-order valence-electron chi connectivity index (χ1n) is 10.9. The predicted octanol–water partition coefficient (Wildman–Crippen LogP) is 0.0422. The molecule has 4 heterocycles. The van der Waals surface area contributed by atoms with Crippen LogP contribution in [0.1, 0.15) is 52.0 Å². The van der Waals surface area contributed by atoms with Gasteiger partial charge in [-0.15, -0.1) is 0 Å². The fourth-order valence-electron chi connectivity index (χ4n) is 5.13. The zero-order valence-corrected chi connectivity index (χ0v) is 17.3. The van der Waals surface area contributed by atoms with Crippen LogP contribution >= 0.6 is 0 Å². The van der Waals surface area contributed by atoms with E-state index in [1.165, 1.54) is 0 Å². The Balaban J connectivity index is 1.32. The van der Waals surface area contributed by atoms with E-state index in [0.29, 0.717) is 24.3 Å². The van der Waals surface area contributed by atoms with Crippen LogP contribution in [0.15, 0.2) is 18.2 Å². The molecule has 4 aliphatic heterocycles. The summed E-state index contributed by atoms with van der Waals surface area (Å²) >= 11 is 0. The number of hydrogen-bond acceptors (Lipinski definition) is 7. The maximum Gasteiger partial charge on any atom is 0.262 e. The average Bonchev–Trinajstić information content (AvgIpc) is 2.99. The molecule has 4 amide bonds. The predicted molar refractivity (Wildman–Crippen MR) is 109 cm³/mol. The summed E-state index contributed by atoms with van der Waals surface area (Å²) in [5.41, 5.74) is 1.44. The molecule has 3 fully saturated rings. The van der Waals surface area contributed by atoms with Gasteiger partial charge in [0.2, 0.25) is 11.8 Å². The molecule has 4 aliphatic rings. The molecule has 2 unspecified atom stereocenters. The highest BCUT2D eigenvalue weighted by Gasteiger charge is 2.45. The van der Waals surface area contributed by atoms with E-state index in [-0.39, 0.29) is 24.3 Å². The van der Waals surface area contributed by atoms with Gasteiger partial charge >= 0.3 is 0 Å². The fourth-order valence-corrected chi connectivity index (χ4v) is 5.13. The van der Waals surface area contributed by atoms with Gasteiger partial charge in [-0.25, -0.2) is 0 Å². The SMILES string of the molecule is O=C1CCC(N2C(=O)c3ccc(CN4CCOC5(CCCNC5)C4)cc3C2=O)C(=O)N1. The number of ether oxygens (including phenoxy) is 1. The van der Waals surface area contributed by atoms with E-state index in [2.05, 4.69) is 15.5 Å². The van der Waals surface area contributed by atoms with Crippen LogP contribution in [-0.2, 0) is 20.9 Å². The molecule has 0 saturated carbocycles. The van der Waals surface area contributed by atoms with Crippen molar-refractivity contribution in [2.75, 3.05) is 32.8 Å². The first-order valence-corrected chi connectivity index (χ1v) is 10.9. The van der Waals surface area contributed by atoms with Crippen LogP contribution in [0.3, 0.4) is 0 Å². The van der Waals surface area contributed by atoms with E-state index in [1.807, 2.05) is 6.07 Å². The molecule has 0 aromatic heterocycles. The zero-order chi connectivity index (χ0) is 21.6. The molecule has 5 rings (SSSR count). The number of benzene rings is 1. The third-order valence-corrected chi connectivity index (χ3v) is 6.67. The second-order valence-electron chi connectivity index (χ2n) is 8.85. The summed E-state index contributed by atoms with van der Waals surface area (Å²) in [5, 5.41) is 5.64. The maximum atomic E-state index is 13.0. The Hall–Kier alpha value is -2.62. The molecule has 2 N–H and O–H groups in total. The summed E-state index contributed by atoms with van der Waals surface area (Å²) in [4.78, 5) is 52.8. The van der Waals surface area contributed by atoms with Gasteiger partial charge in [0.25, 0.3) is 11.8 Å². The fraction of sp³-hybridized carbons (Fsp3) is 0.545. The van der Waals surface area contributed by atoms with E-state index in [1.54, 1.807) is 12.1 Å². The molecular weight excluding hydrogens is 400 g/mol. The summed E-state index contributed by atoms with van der Waals surface area (Å²) in [6.45, 7) is 4.85. The van der Waals surface area contributed by atoms with Gasteiger partial charge in [0.05, 0.1) is 23.3 Å². The Labute approximate surface area is 180 Å². The van der Waals surface area contributed by atoms with Crippen molar-refractivity contribution in [3.63, 3.8) is 0 Å². The van der Waals surface area contributed by atoms with Crippen LogP contribution < -0.4 is 10.6 Å². The average molecular weight is 426 g/mol. The Kier molecular flexibility index (Phi) is 5.11. The van der Waals surface area contributed by atoms with Crippen LogP contribution in [-0.4, -0.2) is 77.9 Å². The van der Waals surface area contributed by atoms with Crippen LogP contribution in [0.4, 0.5) is 0 Å². The summed E-state index contributed by atoms with van der Waals surface area (Å²) < 4.78 is 6.11. The van der Waals surface area contributed by atoms with E-state index >= 15 is 0 Å². The number of morpholine rings is 1. The Morgan fingerprint density at radius 3 is 2.74 bits per heavy atom. The van der Waals surface area contributed by atoms with Gasteiger partial charge in [0, 0.05) is 32.6 Å². The highest BCUT2D eigenvalue weighted by Crippen LogP contribution is 2.30. The number of carbonyl (C=O) groups is 4. The van der Waals surface area contributed by atoms with Crippen LogP contribution in [0, 0.1) is 0 Å². The second-order valence-corrected chi connectivity index (χ2v) is 8.85. The van der Waals surface area contributed by atoms with Crippen molar-refractivity contribution in [3.8, 4) is 0 Å². The number of piperidine rings is 2. The van der Waals surface area contributed by atoms with E-state index in [0.717, 1.165) is 49.5 Å². The van der Waals surface area contributed by atoms with E-state index in [4.69, 9.17) is 4.74 Å². The van der Waals surface area contributed by atoms with Crippen LogP contribution in [0.25, 0.3) is 0 Å². The van der Waals surface area contributed by atoms with E-state index in [9.17, 15) is 19.2 Å². The minimum atomic E-state index is -0.938. The number of imide groups is 2. The highest BCUT2D eigenvalue weighted by molar-refractivity contribution is 6.23. The van der Waals surface area contributed by atoms with Crippen molar-refractivity contribution in [2.24, 2.45) is 0 Å². The summed E-state index contributed by atoms with van der Waals surface area (Å²) in [5.74, 6) is -1.91. The molecule has 0 radical (unpaired) electrons. The smallest absolute Gasteiger partial charge is 0.262 e. The Morgan fingerprint density at radius 1 is 1.13 bits per heavy atom. The topological polar surface area (TPSA) is 108 Å². The van der Waals surface area contributed by atoms with Crippen molar-refractivity contribution in [1.82, 2.24) is 20.4 Å². The first-order chi connectivity index (χ1) is 15.0. The number of carbonyl (C=O) groups excluding carboxylic acids is 4. The van der Waals surface area contributed by atoms with Gasteiger partial charge < -0.3 is 10.1 Å². The number of rotatable bonds is 3. The quantitative estimate of drug-likeness (QED) is 0.657. The summed E-state index contributed by atoms with van der Waals surface area (Å²) in [6, 6.07) is 4.38. The van der Waals surface area contributed by atoms with Crippen molar-refractivity contribution >= 4 is 23.6 Å². The third-order valence-electron chi connectivity index (χ3n) is 6.67. The summed E-state index contributed by atoms with van der Waals surface area (Å²) in [6.07, 6.45) is 2.41. The molecule has 0 bridgehead atoms. The van der Waals surface area contributed by atoms with Gasteiger partial charge in [-0.3, -0.25) is 34.3 Å². The van der Waals surface area contributed by atoms with Crippen LogP contribution in [0.5, 0.6) is 0 Å². The van der Waals surface area contributed by atoms with Gasteiger partial charge in [0.1, 0.15) is 6.04 Å². The molecule has 9 heteroatoms. The first kappa shape index (κ1) is 20.3. The lowest BCUT2D eigenvalue weighted by molar-refractivity contribution is -0.136. The molecule has 1 spiro atoms. The number of amides is 4. The Morgan fingerprint density at radius 2 is 1.97 bits per heavy atom. The maximum absolute atomic E-state index is 13.0. The lowest BCUT2D eigenvalue weighted by Crippen LogP contribution is -2.58. The van der Waals surface area contributed by atoms with Gasteiger partial charge in [-0.05, 0) is 43.5 Å². The standard InChI is InChI=1S/C22H26N4O5/c27-18-5-4-17(19(28)24-18)26-20(29)15-3-2-14(10-16(15)21(26)30)11-25-8-9-31-22(13-25)6-1-7-23-12-22/h2-3,10,17,23H,1,4-9,11-13H2,(H,24,27,28). The minimum Gasteiger partial charge on any atom is -0.371 e. The monoisotopic (exact) mass is 426 g/mol. The van der Waals surface area contributed by atoms with E-state index < -0.39 is 23.8 Å². The molecule has 1 aromatic rings. The van der Waals surface area contributed by atoms with Crippen LogP contribution in [0.2, 0.25) is 0 Å². The Bertz CT molecular complexity index is 950. The van der Waals surface area contributed by atoms with Gasteiger partial charge in [0.15, 0.2) is 0 Å². The normalized spacial score (nSPS) is 29.4. The molecule has 2 atom stereocenters. The van der Waals surface area contributed by atoms with Crippen molar-refractivity contribution in [1.29, 1.82) is 0 Å². The van der Waals surface area contributed by atoms with Gasteiger partial charge in [-0.1, -0.05) is 6.07 Å². The van der Waals surface area contributed by atoms with Crippen molar-refractivity contribution in [2.45, 2.75) is 43.9 Å². The number of hydrogen-bond donors (Lipinski definition) is 2. The number of nitrogens with zero attached hydrogens (tertiary/aromatic N) is 2.